The van der Waals surface area contributed by atoms with E-state index in [1.165, 1.54) is 23.1 Å². The Morgan fingerprint density at radius 2 is 1.97 bits per heavy atom. The lowest BCUT2D eigenvalue weighted by Crippen LogP contribution is -2.38. The highest BCUT2D eigenvalue weighted by Crippen LogP contribution is 2.47. The Labute approximate surface area is 238 Å². The van der Waals surface area contributed by atoms with Crippen LogP contribution in [-0.2, 0) is 9.59 Å². The van der Waals surface area contributed by atoms with Crippen LogP contribution in [0.25, 0.3) is 0 Å². The first-order chi connectivity index (χ1) is 18.9. The number of aromatic nitrogens is 2. The number of carbonyl (C=O) groups excluding carboxylic acids is 2. The fourth-order valence-electron chi connectivity index (χ4n) is 4.64. The number of anilines is 2. The van der Waals surface area contributed by atoms with Crippen LogP contribution in [0.15, 0.2) is 75.5 Å². The molecule has 12 heteroatoms. The van der Waals surface area contributed by atoms with E-state index < -0.39 is 5.92 Å². The van der Waals surface area contributed by atoms with Gasteiger partial charge >= 0.3 is 0 Å². The van der Waals surface area contributed by atoms with Crippen molar-refractivity contribution in [1.82, 2.24) is 10.2 Å². The van der Waals surface area contributed by atoms with E-state index in [-0.39, 0.29) is 28.8 Å². The number of ketones is 1. The summed E-state index contributed by atoms with van der Waals surface area (Å²) in [6.07, 6.45) is 1.68. The summed E-state index contributed by atoms with van der Waals surface area (Å²) < 4.78 is 5.83. The van der Waals surface area contributed by atoms with Crippen molar-refractivity contribution in [2.75, 3.05) is 23.1 Å². The maximum absolute atomic E-state index is 13.3. The molecule has 2 aliphatic rings. The molecule has 2 aromatic carbocycles. The van der Waals surface area contributed by atoms with Crippen LogP contribution >= 0.6 is 34.7 Å². The highest BCUT2D eigenvalue weighted by Gasteiger charge is 2.41. The summed E-state index contributed by atoms with van der Waals surface area (Å²) in [7, 11) is 1.58. The largest absolute Gasteiger partial charge is 0.497 e. The average Bonchev–Trinajstić information content (AvgIpc) is 3.41. The lowest BCUT2D eigenvalue weighted by Gasteiger charge is -2.38. The van der Waals surface area contributed by atoms with E-state index in [9.17, 15) is 14.9 Å². The Bertz CT molecular complexity index is 1530. The molecule has 1 aliphatic heterocycles. The summed E-state index contributed by atoms with van der Waals surface area (Å²) in [6, 6.07) is 16.4. The van der Waals surface area contributed by atoms with Gasteiger partial charge in [0.1, 0.15) is 11.6 Å². The maximum Gasteiger partial charge on any atom is 0.234 e. The summed E-state index contributed by atoms with van der Waals surface area (Å²) in [4.78, 5) is 27.4. The molecular weight excluding hydrogens is 556 g/mol. The van der Waals surface area contributed by atoms with E-state index in [2.05, 4.69) is 21.6 Å². The number of ether oxygens (including phenoxy) is 1. The third kappa shape index (κ3) is 5.49. The number of nitrogens with one attached hydrogen (secondary N) is 1. The highest BCUT2D eigenvalue weighted by molar-refractivity contribution is 8.01. The molecule has 3 aromatic rings. The van der Waals surface area contributed by atoms with Gasteiger partial charge in [0.05, 0.1) is 30.4 Å². The van der Waals surface area contributed by atoms with Gasteiger partial charge in [-0.2, -0.15) is 5.26 Å². The van der Waals surface area contributed by atoms with Crippen molar-refractivity contribution in [2.24, 2.45) is 5.73 Å². The van der Waals surface area contributed by atoms with E-state index in [1.807, 2.05) is 12.1 Å². The number of hydrogen-bond acceptors (Lipinski definition) is 10. The number of halogens is 1. The molecule has 1 aromatic heterocycles. The molecule has 3 N–H and O–H groups in total. The van der Waals surface area contributed by atoms with Gasteiger partial charge in [0.2, 0.25) is 11.0 Å². The average molecular weight is 579 g/mol. The van der Waals surface area contributed by atoms with Crippen LogP contribution in [-0.4, -0.2) is 34.8 Å². The number of rotatable bonds is 7. The van der Waals surface area contributed by atoms with E-state index in [0.29, 0.717) is 50.8 Å². The van der Waals surface area contributed by atoms with Crippen molar-refractivity contribution in [1.29, 1.82) is 5.26 Å². The first-order valence-electron chi connectivity index (χ1n) is 12.0. The van der Waals surface area contributed by atoms with E-state index >= 15 is 0 Å². The van der Waals surface area contributed by atoms with Gasteiger partial charge in [0.15, 0.2) is 10.1 Å². The minimum Gasteiger partial charge on any atom is -0.497 e. The SMILES string of the molecule is COc1ccc(C2C(C#N)=C(N)N(c3nnc(SCC(=O)Nc4ccc(Cl)cc4)s3)C3=C2C(=O)CCC3)cc1. The van der Waals surface area contributed by atoms with Gasteiger partial charge in [0.25, 0.3) is 0 Å². The summed E-state index contributed by atoms with van der Waals surface area (Å²) >= 11 is 8.38. The zero-order valence-corrected chi connectivity index (χ0v) is 23.2. The molecule has 1 unspecified atom stereocenters. The molecule has 2 heterocycles. The monoisotopic (exact) mass is 578 g/mol. The minimum atomic E-state index is -0.571. The number of benzene rings is 2. The Hall–Kier alpha value is -3.85. The molecule has 0 radical (unpaired) electrons. The molecule has 1 atom stereocenters. The molecule has 5 rings (SSSR count). The third-order valence-corrected chi connectivity index (χ3v) is 8.70. The number of Topliss-reactive ketones (excluding diaryl/α,β-unsaturated/α-hetero) is 1. The molecule has 0 saturated heterocycles. The van der Waals surface area contributed by atoms with Crippen LogP contribution in [0.3, 0.4) is 0 Å². The lowest BCUT2D eigenvalue weighted by molar-refractivity contribution is -0.116. The fourth-order valence-corrected chi connectivity index (χ4v) is 6.45. The summed E-state index contributed by atoms with van der Waals surface area (Å²) in [5.41, 5.74) is 9.61. The van der Waals surface area contributed by atoms with Crippen LogP contribution < -0.4 is 20.7 Å². The standard InChI is InChI=1S/C27H23ClN6O3S2/c1-37-18-11-5-15(6-12-18)23-19(13-29)25(30)34(20-3-2-4-21(35)24(20)23)26-32-33-27(39-26)38-14-22(36)31-17-9-7-16(28)8-10-17/h5-12,23H,2-4,14,30H2,1H3,(H,31,36). The van der Waals surface area contributed by atoms with Gasteiger partial charge in [-0.05, 0) is 54.8 Å². The van der Waals surface area contributed by atoms with Gasteiger partial charge in [0, 0.05) is 28.4 Å². The minimum absolute atomic E-state index is 0.0136. The first-order valence-corrected chi connectivity index (χ1v) is 14.2. The first kappa shape index (κ1) is 26.7. The lowest BCUT2D eigenvalue weighted by atomic mass is 9.76. The Balaban J connectivity index is 1.41. The van der Waals surface area contributed by atoms with Crippen LogP contribution in [0.1, 0.15) is 30.7 Å². The Morgan fingerprint density at radius 3 is 2.67 bits per heavy atom. The number of nitriles is 1. The van der Waals surface area contributed by atoms with E-state index in [0.717, 1.165) is 11.3 Å². The molecule has 0 bridgehead atoms. The molecular formula is C27H23ClN6O3S2. The molecule has 9 nitrogen and oxygen atoms in total. The van der Waals surface area contributed by atoms with Crippen molar-refractivity contribution < 1.29 is 14.3 Å². The molecule has 1 amide bonds. The van der Waals surface area contributed by atoms with Crippen LogP contribution in [0.5, 0.6) is 5.75 Å². The van der Waals surface area contributed by atoms with Crippen molar-refractivity contribution >= 4 is 57.2 Å². The summed E-state index contributed by atoms with van der Waals surface area (Å²) in [5, 5.41) is 22.5. The zero-order valence-electron chi connectivity index (χ0n) is 20.8. The highest BCUT2D eigenvalue weighted by atomic mass is 35.5. The number of carbonyl (C=O) groups is 2. The predicted molar refractivity (Wildman–Crippen MR) is 152 cm³/mol. The molecule has 0 fully saturated rings. The van der Waals surface area contributed by atoms with Gasteiger partial charge in [-0.25, -0.2) is 0 Å². The van der Waals surface area contributed by atoms with Gasteiger partial charge in [-0.1, -0.05) is 46.8 Å². The Morgan fingerprint density at radius 1 is 1.23 bits per heavy atom. The number of methoxy groups -OCH3 is 1. The zero-order chi connectivity index (χ0) is 27.5. The molecule has 0 saturated carbocycles. The van der Waals surface area contributed by atoms with Gasteiger partial charge in [-0.3, -0.25) is 14.5 Å². The smallest absolute Gasteiger partial charge is 0.234 e. The van der Waals surface area contributed by atoms with Crippen LogP contribution in [0.2, 0.25) is 5.02 Å². The van der Waals surface area contributed by atoms with Crippen LogP contribution in [0, 0.1) is 11.3 Å². The Kier molecular flexibility index (Phi) is 7.88. The third-order valence-electron chi connectivity index (χ3n) is 6.40. The van der Waals surface area contributed by atoms with Crippen molar-refractivity contribution in [2.45, 2.75) is 29.5 Å². The topological polar surface area (TPSA) is 134 Å². The summed E-state index contributed by atoms with van der Waals surface area (Å²) in [5.74, 6) is 0.237. The number of amides is 1. The number of nitrogens with two attached hydrogens (primary N) is 1. The number of hydrogen-bond donors (Lipinski definition) is 2. The van der Waals surface area contributed by atoms with E-state index in [4.69, 9.17) is 22.1 Å². The van der Waals surface area contributed by atoms with Gasteiger partial charge < -0.3 is 15.8 Å². The van der Waals surface area contributed by atoms with Crippen molar-refractivity contribution in [3.8, 4) is 11.8 Å². The van der Waals surface area contributed by atoms with Gasteiger partial charge in [-0.15, -0.1) is 10.2 Å². The second kappa shape index (κ2) is 11.5. The number of thioether (sulfide) groups is 1. The number of allylic oxidation sites excluding steroid dienone is 3. The normalized spacial score (nSPS) is 17.1. The van der Waals surface area contributed by atoms with Crippen molar-refractivity contribution in [3.63, 3.8) is 0 Å². The summed E-state index contributed by atoms with van der Waals surface area (Å²) in [6.45, 7) is 0. The maximum atomic E-state index is 13.3. The second-order valence-corrected chi connectivity index (χ2v) is 11.4. The van der Waals surface area contributed by atoms with Crippen LogP contribution in [0.4, 0.5) is 10.8 Å². The second-order valence-electron chi connectivity index (χ2n) is 8.78. The van der Waals surface area contributed by atoms with E-state index in [1.54, 1.807) is 48.4 Å². The van der Waals surface area contributed by atoms with Crippen molar-refractivity contribution in [3.05, 3.63) is 81.8 Å². The quantitative estimate of drug-likeness (QED) is 0.361. The predicted octanol–water partition coefficient (Wildman–Crippen LogP) is 5.24. The molecule has 39 heavy (non-hydrogen) atoms. The molecule has 1 aliphatic carbocycles. The molecule has 0 spiro atoms. The number of nitrogens with zero attached hydrogens (tertiary/aromatic N) is 4. The fraction of sp³-hybridized carbons (Fsp3) is 0.222. The molecule has 198 valence electrons.